The van der Waals surface area contributed by atoms with Gasteiger partial charge in [-0.25, -0.2) is 4.79 Å². The normalized spacial score (nSPS) is 20.9. The number of hydrogen-bond acceptors (Lipinski definition) is 3. The smallest absolute Gasteiger partial charge is 0.317 e. The molecule has 0 unspecified atom stereocenters. The standard InChI is InChI=1S/C17H25N3O2S/c21-15(12-20-10-5-9-18-16(20)22)19-13-17(7-2-1-3-8-17)14-6-4-11-23-14/h4,6,11H,1-3,5,7-10,12-13H2,(H,18,22)(H,19,21). The average Bonchev–Trinajstić information content (AvgIpc) is 3.11. The third-order valence-corrected chi connectivity index (χ3v) is 6.10. The maximum atomic E-state index is 12.3. The van der Waals surface area contributed by atoms with Crippen LogP contribution in [-0.4, -0.2) is 43.0 Å². The first-order valence-corrected chi connectivity index (χ1v) is 9.41. The maximum Gasteiger partial charge on any atom is 0.317 e. The van der Waals surface area contributed by atoms with Crippen molar-refractivity contribution in [2.75, 3.05) is 26.2 Å². The van der Waals surface area contributed by atoms with Crippen LogP contribution in [-0.2, 0) is 10.2 Å². The van der Waals surface area contributed by atoms with Crippen molar-refractivity contribution >= 4 is 23.3 Å². The van der Waals surface area contributed by atoms with Crippen molar-refractivity contribution in [3.63, 3.8) is 0 Å². The average molecular weight is 335 g/mol. The molecule has 0 aromatic carbocycles. The molecule has 1 aromatic heterocycles. The van der Waals surface area contributed by atoms with Crippen LogP contribution in [0.3, 0.4) is 0 Å². The number of urea groups is 1. The van der Waals surface area contributed by atoms with Gasteiger partial charge in [-0.05, 0) is 30.7 Å². The van der Waals surface area contributed by atoms with Crippen LogP contribution in [0.4, 0.5) is 4.79 Å². The molecule has 3 amide bonds. The zero-order valence-corrected chi connectivity index (χ0v) is 14.3. The number of carbonyl (C=O) groups excluding carboxylic acids is 2. The molecule has 126 valence electrons. The number of hydrogen-bond donors (Lipinski definition) is 2. The lowest BCUT2D eigenvalue weighted by atomic mass is 9.73. The van der Waals surface area contributed by atoms with Crippen LogP contribution in [0.1, 0.15) is 43.4 Å². The van der Waals surface area contributed by atoms with E-state index >= 15 is 0 Å². The molecule has 0 atom stereocenters. The van der Waals surface area contributed by atoms with Gasteiger partial charge in [-0.2, -0.15) is 0 Å². The number of rotatable bonds is 5. The molecule has 1 aromatic rings. The third kappa shape index (κ3) is 3.86. The summed E-state index contributed by atoms with van der Waals surface area (Å²) in [7, 11) is 0. The largest absolute Gasteiger partial charge is 0.354 e. The van der Waals surface area contributed by atoms with Gasteiger partial charge in [-0.3, -0.25) is 4.79 Å². The first-order chi connectivity index (χ1) is 11.2. The molecule has 2 aliphatic rings. The van der Waals surface area contributed by atoms with Gasteiger partial charge in [0.15, 0.2) is 0 Å². The molecule has 1 saturated carbocycles. The second kappa shape index (κ2) is 7.34. The molecule has 3 rings (SSSR count). The molecular weight excluding hydrogens is 310 g/mol. The predicted molar refractivity (Wildman–Crippen MR) is 91.7 cm³/mol. The van der Waals surface area contributed by atoms with E-state index in [4.69, 9.17) is 0 Å². The zero-order valence-electron chi connectivity index (χ0n) is 13.5. The Morgan fingerprint density at radius 3 is 2.83 bits per heavy atom. The van der Waals surface area contributed by atoms with Gasteiger partial charge in [-0.1, -0.05) is 25.3 Å². The Morgan fingerprint density at radius 2 is 2.13 bits per heavy atom. The summed E-state index contributed by atoms with van der Waals surface area (Å²) in [6.07, 6.45) is 6.91. The molecular formula is C17H25N3O2S. The highest BCUT2D eigenvalue weighted by molar-refractivity contribution is 7.10. The van der Waals surface area contributed by atoms with Gasteiger partial charge in [0, 0.05) is 29.9 Å². The molecule has 2 N–H and O–H groups in total. The topological polar surface area (TPSA) is 61.4 Å². The van der Waals surface area contributed by atoms with E-state index < -0.39 is 0 Å². The summed E-state index contributed by atoms with van der Waals surface area (Å²) in [6, 6.07) is 4.16. The van der Waals surface area contributed by atoms with Gasteiger partial charge in [0.05, 0.1) is 0 Å². The van der Waals surface area contributed by atoms with Crippen LogP contribution in [0.25, 0.3) is 0 Å². The lowest BCUT2D eigenvalue weighted by Gasteiger charge is -2.37. The highest BCUT2D eigenvalue weighted by Gasteiger charge is 2.35. The highest BCUT2D eigenvalue weighted by atomic mass is 32.1. The van der Waals surface area contributed by atoms with Crippen LogP contribution in [0.15, 0.2) is 17.5 Å². The Hall–Kier alpha value is -1.56. The van der Waals surface area contributed by atoms with Gasteiger partial charge < -0.3 is 15.5 Å². The molecule has 2 heterocycles. The lowest BCUT2D eigenvalue weighted by Crippen LogP contribution is -2.51. The fourth-order valence-corrected chi connectivity index (χ4v) is 4.63. The molecule has 0 bridgehead atoms. The van der Waals surface area contributed by atoms with E-state index in [1.807, 2.05) is 0 Å². The summed E-state index contributed by atoms with van der Waals surface area (Å²) in [5.41, 5.74) is 0.0895. The SMILES string of the molecule is O=C(CN1CCCNC1=O)NCC1(c2cccs2)CCCCC1. The van der Waals surface area contributed by atoms with Crippen LogP contribution in [0.2, 0.25) is 0 Å². The predicted octanol–water partition coefficient (Wildman–Crippen LogP) is 2.48. The van der Waals surface area contributed by atoms with Gasteiger partial charge >= 0.3 is 6.03 Å². The first kappa shape index (κ1) is 16.3. The number of nitrogens with one attached hydrogen (secondary N) is 2. The zero-order chi connectivity index (χ0) is 16.1. The first-order valence-electron chi connectivity index (χ1n) is 8.53. The van der Waals surface area contributed by atoms with Crippen LogP contribution in [0, 0.1) is 0 Å². The quantitative estimate of drug-likeness (QED) is 0.868. The number of nitrogens with zero attached hydrogens (tertiary/aromatic N) is 1. The molecule has 0 spiro atoms. The monoisotopic (exact) mass is 335 g/mol. The molecule has 1 aliphatic heterocycles. The van der Waals surface area contributed by atoms with E-state index in [-0.39, 0.29) is 23.9 Å². The van der Waals surface area contributed by atoms with Gasteiger partial charge in [0.1, 0.15) is 6.54 Å². The summed E-state index contributed by atoms with van der Waals surface area (Å²) in [6.45, 7) is 2.21. The van der Waals surface area contributed by atoms with Crippen molar-refractivity contribution in [1.29, 1.82) is 0 Å². The number of carbonyl (C=O) groups is 2. The Morgan fingerprint density at radius 1 is 1.30 bits per heavy atom. The van der Waals surface area contributed by atoms with Crippen molar-refractivity contribution in [2.45, 2.75) is 43.9 Å². The van der Waals surface area contributed by atoms with E-state index in [1.54, 1.807) is 16.2 Å². The summed E-state index contributed by atoms with van der Waals surface area (Å²) < 4.78 is 0. The minimum Gasteiger partial charge on any atom is -0.354 e. The van der Waals surface area contributed by atoms with Crippen molar-refractivity contribution in [3.8, 4) is 0 Å². The van der Waals surface area contributed by atoms with E-state index in [1.165, 1.54) is 24.1 Å². The fourth-order valence-electron chi connectivity index (χ4n) is 3.65. The van der Waals surface area contributed by atoms with Crippen LogP contribution in [0.5, 0.6) is 0 Å². The fraction of sp³-hybridized carbons (Fsp3) is 0.647. The van der Waals surface area contributed by atoms with Crippen molar-refractivity contribution in [2.24, 2.45) is 0 Å². The Bertz CT molecular complexity index is 538. The molecule has 5 nitrogen and oxygen atoms in total. The Balaban J connectivity index is 1.58. The van der Waals surface area contributed by atoms with E-state index in [0.717, 1.165) is 19.3 Å². The highest BCUT2D eigenvalue weighted by Crippen LogP contribution is 2.41. The van der Waals surface area contributed by atoms with Crippen LogP contribution >= 0.6 is 11.3 Å². The molecule has 1 aliphatic carbocycles. The minimum absolute atomic E-state index is 0.0523. The van der Waals surface area contributed by atoms with E-state index in [9.17, 15) is 9.59 Å². The van der Waals surface area contributed by atoms with Gasteiger partial charge in [-0.15, -0.1) is 11.3 Å². The Kier molecular flexibility index (Phi) is 5.20. The van der Waals surface area contributed by atoms with E-state index in [2.05, 4.69) is 28.1 Å². The minimum atomic E-state index is -0.128. The second-order valence-electron chi connectivity index (χ2n) is 6.60. The summed E-state index contributed by atoms with van der Waals surface area (Å²) >= 11 is 1.79. The summed E-state index contributed by atoms with van der Waals surface area (Å²) in [4.78, 5) is 27.0. The van der Waals surface area contributed by atoms with Gasteiger partial charge in [0.25, 0.3) is 0 Å². The molecule has 2 fully saturated rings. The Labute approximate surface area is 141 Å². The molecule has 1 saturated heterocycles. The van der Waals surface area contributed by atoms with Crippen molar-refractivity contribution < 1.29 is 9.59 Å². The van der Waals surface area contributed by atoms with Crippen molar-refractivity contribution in [3.05, 3.63) is 22.4 Å². The number of amides is 3. The second-order valence-corrected chi connectivity index (χ2v) is 7.55. The third-order valence-electron chi connectivity index (χ3n) is 4.98. The summed E-state index contributed by atoms with van der Waals surface area (Å²) in [5.74, 6) is -0.0523. The van der Waals surface area contributed by atoms with E-state index in [0.29, 0.717) is 19.6 Å². The number of thiophene rings is 1. The van der Waals surface area contributed by atoms with Gasteiger partial charge in [0.2, 0.25) is 5.91 Å². The van der Waals surface area contributed by atoms with Crippen LogP contribution < -0.4 is 10.6 Å². The molecule has 6 heteroatoms. The maximum absolute atomic E-state index is 12.3. The van der Waals surface area contributed by atoms with Crippen molar-refractivity contribution in [1.82, 2.24) is 15.5 Å². The summed E-state index contributed by atoms with van der Waals surface area (Å²) in [5, 5.41) is 7.99. The molecule has 0 radical (unpaired) electrons. The lowest BCUT2D eigenvalue weighted by molar-refractivity contribution is -0.122. The molecule has 23 heavy (non-hydrogen) atoms.